The molecule has 1 saturated heterocycles. The van der Waals surface area contributed by atoms with Gasteiger partial charge in [-0.3, -0.25) is 0 Å². The molecule has 4 heteroatoms. The molecule has 2 N–H and O–H groups in total. The molecular weight excluding hydrogens is 268 g/mol. The normalized spacial score (nSPS) is 21.9. The van der Waals surface area contributed by atoms with Crippen molar-refractivity contribution in [3.63, 3.8) is 0 Å². The lowest BCUT2D eigenvalue weighted by Gasteiger charge is -2.24. The van der Waals surface area contributed by atoms with Crippen molar-refractivity contribution in [3.05, 3.63) is 28.2 Å². The van der Waals surface area contributed by atoms with E-state index in [1.165, 1.54) is 11.3 Å². The Kier molecular flexibility index (Phi) is 3.84. The summed E-state index contributed by atoms with van der Waals surface area (Å²) in [5.74, 6) is 0. The number of aryl methyl sites for hydroxylation is 1. The van der Waals surface area contributed by atoms with Crippen molar-refractivity contribution in [2.75, 3.05) is 31.1 Å². The molecule has 0 saturated carbocycles. The number of halogens is 1. The van der Waals surface area contributed by atoms with Gasteiger partial charge in [0.2, 0.25) is 0 Å². The van der Waals surface area contributed by atoms with Gasteiger partial charge in [0.05, 0.1) is 6.10 Å². The van der Waals surface area contributed by atoms with E-state index in [9.17, 15) is 5.11 Å². The minimum atomic E-state index is -0.286. The molecule has 1 unspecified atom stereocenters. The van der Waals surface area contributed by atoms with Crippen LogP contribution in [0.3, 0.4) is 0 Å². The molecule has 1 aliphatic rings. The largest absolute Gasteiger partial charge is 0.390 e. The Balaban J connectivity index is 2.18. The fraction of sp³-hybridized carbons (Fsp3) is 0.500. The first-order valence-electron chi connectivity index (χ1n) is 5.56. The first-order valence-corrected chi connectivity index (χ1v) is 6.36. The second-order valence-corrected chi connectivity index (χ2v) is 5.09. The quantitative estimate of drug-likeness (QED) is 0.821. The summed E-state index contributed by atoms with van der Waals surface area (Å²) in [6, 6.07) is 6.31. The van der Waals surface area contributed by atoms with Gasteiger partial charge < -0.3 is 15.3 Å². The SMILES string of the molecule is Cc1cc(N2CCNCC(O)C2)ccc1Br. The fourth-order valence-corrected chi connectivity index (χ4v) is 2.20. The van der Waals surface area contributed by atoms with Crippen LogP contribution in [-0.4, -0.2) is 37.4 Å². The summed E-state index contributed by atoms with van der Waals surface area (Å²) in [5, 5.41) is 13.0. The Labute approximate surface area is 105 Å². The summed E-state index contributed by atoms with van der Waals surface area (Å²) in [5.41, 5.74) is 2.41. The van der Waals surface area contributed by atoms with Crippen molar-refractivity contribution in [1.82, 2.24) is 5.32 Å². The van der Waals surface area contributed by atoms with Crippen LogP contribution >= 0.6 is 15.9 Å². The van der Waals surface area contributed by atoms with E-state index in [0.717, 1.165) is 17.6 Å². The number of aliphatic hydroxyl groups excluding tert-OH is 1. The molecule has 0 aliphatic carbocycles. The standard InChI is InChI=1S/C12H17BrN2O/c1-9-6-10(2-3-12(9)13)15-5-4-14-7-11(16)8-15/h2-3,6,11,14,16H,4-5,7-8H2,1H3. The van der Waals surface area contributed by atoms with Crippen LogP contribution in [-0.2, 0) is 0 Å². The third-order valence-electron chi connectivity index (χ3n) is 2.88. The molecule has 0 amide bonds. The lowest BCUT2D eigenvalue weighted by atomic mass is 10.2. The number of hydrogen-bond acceptors (Lipinski definition) is 3. The molecule has 88 valence electrons. The Morgan fingerprint density at radius 1 is 1.50 bits per heavy atom. The van der Waals surface area contributed by atoms with Crippen LogP contribution in [0.5, 0.6) is 0 Å². The number of aliphatic hydroxyl groups is 1. The van der Waals surface area contributed by atoms with E-state index < -0.39 is 0 Å². The summed E-state index contributed by atoms with van der Waals surface area (Å²) in [6.07, 6.45) is -0.286. The molecule has 2 rings (SSSR count). The molecule has 1 aliphatic heterocycles. The van der Waals surface area contributed by atoms with Gasteiger partial charge in [-0.05, 0) is 30.7 Å². The topological polar surface area (TPSA) is 35.5 Å². The van der Waals surface area contributed by atoms with Crippen LogP contribution in [0.1, 0.15) is 5.56 Å². The summed E-state index contributed by atoms with van der Waals surface area (Å²) in [7, 11) is 0. The van der Waals surface area contributed by atoms with Crippen LogP contribution in [0.2, 0.25) is 0 Å². The van der Waals surface area contributed by atoms with Gasteiger partial charge in [0.1, 0.15) is 0 Å². The maximum Gasteiger partial charge on any atom is 0.0839 e. The molecule has 0 radical (unpaired) electrons. The molecule has 1 aromatic carbocycles. The van der Waals surface area contributed by atoms with E-state index in [-0.39, 0.29) is 6.10 Å². The Morgan fingerprint density at radius 2 is 2.31 bits per heavy atom. The van der Waals surface area contributed by atoms with E-state index in [0.29, 0.717) is 13.1 Å². The molecule has 0 aromatic heterocycles. The van der Waals surface area contributed by atoms with Crippen molar-refractivity contribution in [1.29, 1.82) is 0 Å². The number of benzene rings is 1. The van der Waals surface area contributed by atoms with Gasteiger partial charge in [0.25, 0.3) is 0 Å². The van der Waals surface area contributed by atoms with Crippen LogP contribution in [0.15, 0.2) is 22.7 Å². The Morgan fingerprint density at radius 3 is 3.06 bits per heavy atom. The van der Waals surface area contributed by atoms with Crippen molar-refractivity contribution >= 4 is 21.6 Å². The predicted molar refractivity (Wildman–Crippen MR) is 70.0 cm³/mol. The lowest BCUT2D eigenvalue weighted by molar-refractivity contribution is 0.185. The third-order valence-corrected chi connectivity index (χ3v) is 3.77. The highest BCUT2D eigenvalue weighted by Crippen LogP contribution is 2.23. The second kappa shape index (κ2) is 5.17. The van der Waals surface area contributed by atoms with Gasteiger partial charge in [-0.2, -0.15) is 0 Å². The molecular formula is C12H17BrN2O. The van der Waals surface area contributed by atoms with E-state index in [4.69, 9.17) is 0 Å². The van der Waals surface area contributed by atoms with Gasteiger partial charge in [0, 0.05) is 36.3 Å². The molecule has 1 atom stereocenters. The monoisotopic (exact) mass is 284 g/mol. The average Bonchev–Trinajstić information content (AvgIpc) is 2.47. The van der Waals surface area contributed by atoms with Crippen molar-refractivity contribution < 1.29 is 5.11 Å². The van der Waals surface area contributed by atoms with Crippen LogP contribution in [0.25, 0.3) is 0 Å². The Hall–Kier alpha value is -0.580. The number of rotatable bonds is 1. The summed E-state index contributed by atoms with van der Waals surface area (Å²) in [6.45, 7) is 5.34. The lowest BCUT2D eigenvalue weighted by Crippen LogP contribution is -2.32. The fourth-order valence-electron chi connectivity index (χ4n) is 1.95. The molecule has 0 bridgehead atoms. The molecule has 0 spiro atoms. The summed E-state index contributed by atoms with van der Waals surface area (Å²) in [4.78, 5) is 2.23. The zero-order valence-electron chi connectivity index (χ0n) is 9.41. The number of β-amino-alcohol motifs (C(OH)–C–C–N with tert-alkyl or cyclic N) is 1. The molecule has 1 aromatic rings. The third kappa shape index (κ3) is 2.75. The van der Waals surface area contributed by atoms with Crippen molar-refractivity contribution in [3.8, 4) is 0 Å². The average molecular weight is 285 g/mol. The van der Waals surface area contributed by atoms with Gasteiger partial charge in [0.15, 0.2) is 0 Å². The minimum absolute atomic E-state index is 0.286. The predicted octanol–water partition coefficient (Wildman–Crippen LogP) is 1.53. The highest BCUT2D eigenvalue weighted by atomic mass is 79.9. The molecule has 16 heavy (non-hydrogen) atoms. The zero-order chi connectivity index (χ0) is 11.5. The van der Waals surface area contributed by atoms with Crippen LogP contribution < -0.4 is 10.2 Å². The Bertz CT molecular complexity index is 370. The molecule has 3 nitrogen and oxygen atoms in total. The van der Waals surface area contributed by atoms with E-state index in [1.807, 2.05) is 0 Å². The smallest absolute Gasteiger partial charge is 0.0839 e. The van der Waals surface area contributed by atoms with Crippen LogP contribution in [0.4, 0.5) is 5.69 Å². The van der Waals surface area contributed by atoms with E-state index in [1.54, 1.807) is 0 Å². The van der Waals surface area contributed by atoms with Crippen molar-refractivity contribution in [2.45, 2.75) is 13.0 Å². The summed E-state index contributed by atoms with van der Waals surface area (Å²) >= 11 is 3.50. The first-order chi connectivity index (χ1) is 7.66. The van der Waals surface area contributed by atoms with Gasteiger partial charge in [-0.1, -0.05) is 15.9 Å². The van der Waals surface area contributed by atoms with E-state index in [2.05, 4.69) is 51.3 Å². The minimum Gasteiger partial charge on any atom is -0.390 e. The van der Waals surface area contributed by atoms with Crippen LogP contribution in [0, 0.1) is 6.92 Å². The highest BCUT2D eigenvalue weighted by molar-refractivity contribution is 9.10. The van der Waals surface area contributed by atoms with Gasteiger partial charge in [-0.25, -0.2) is 0 Å². The van der Waals surface area contributed by atoms with Gasteiger partial charge in [-0.15, -0.1) is 0 Å². The number of nitrogens with one attached hydrogen (secondary N) is 1. The van der Waals surface area contributed by atoms with Gasteiger partial charge >= 0.3 is 0 Å². The number of anilines is 1. The first kappa shape index (κ1) is 11.9. The maximum absolute atomic E-state index is 9.73. The number of hydrogen-bond donors (Lipinski definition) is 2. The summed E-state index contributed by atoms with van der Waals surface area (Å²) < 4.78 is 1.13. The van der Waals surface area contributed by atoms with E-state index >= 15 is 0 Å². The zero-order valence-corrected chi connectivity index (χ0v) is 11.0. The highest BCUT2D eigenvalue weighted by Gasteiger charge is 2.16. The molecule has 1 fully saturated rings. The van der Waals surface area contributed by atoms with Crippen molar-refractivity contribution in [2.24, 2.45) is 0 Å². The maximum atomic E-state index is 9.73. The molecule has 1 heterocycles. The second-order valence-electron chi connectivity index (χ2n) is 4.24. The number of nitrogens with zero attached hydrogens (tertiary/aromatic N) is 1.